The second-order valence-corrected chi connectivity index (χ2v) is 3.32. The molecule has 0 heterocycles. The number of anilines is 1. The van der Waals surface area contributed by atoms with Crippen molar-refractivity contribution in [3.8, 4) is 0 Å². The first-order valence-electron chi connectivity index (χ1n) is 3.71. The predicted molar refractivity (Wildman–Crippen MR) is 53.1 cm³/mol. The topological polar surface area (TPSA) is 3.24 Å². The molecule has 0 bridgehead atoms. The maximum absolute atomic E-state index is 3.50. The molecule has 1 aromatic rings. The molecule has 0 radical (unpaired) electrons. The monoisotopic (exact) mass is 213 g/mol. The van der Waals surface area contributed by atoms with Gasteiger partial charge in [0.15, 0.2) is 0 Å². The van der Waals surface area contributed by atoms with Gasteiger partial charge in [-0.05, 0) is 35.0 Å². The van der Waals surface area contributed by atoms with Crippen LogP contribution in [-0.4, -0.2) is 13.6 Å². The van der Waals surface area contributed by atoms with Gasteiger partial charge in [0.05, 0.1) is 5.69 Å². The van der Waals surface area contributed by atoms with Crippen LogP contribution >= 0.6 is 15.9 Å². The van der Waals surface area contributed by atoms with E-state index < -0.39 is 0 Å². The highest BCUT2D eigenvalue weighted by molar-refractivity contribution is 9.10. The molecule has 0 aliphatic rings. The van der Waals surface area contributed by atoms with Crippen molar-refractivity contribution in [3.63, 3.8) is 0 Å². The van der Waals surface area contributed by atoms with Crippen LogP contribution in [0.3, 0.4) is 0 Å². The van der Waals surface area contributed by atoms with E-state index in [1.54, 1.807) is 0 Å². The molecule has 1 nitrogen and oxygen atoms in total. The number of halogens is 1. The first-order chi connectivity index (χ1) is 5.25. The van der Waals surface area contributed by atoms with Gasteiger partial charge in [-0.2, -0.15) is 0 Å². The van der Waals surface area contributed by atoms with E-state index in [1.807, 2.05) is 12.1 Å². The van der Waals surface area contributed by atoms with Crippen LogP contribution in [0, 0.1) is 0 Å². The Balaban J connectivity index is 2.93. The summed E-state index contributed by atoms with van der Waals surface area (Å²) in [5, 5.41) is 0. The highest BCUT2D eigenvalue weighted by atomic mass is 79.9. The SMILES string of the molecule is CCN(C)c1ccccc1Br. The average Bonchev–Trinajstić information content (AvgIpc) is 2.04. The number of nitrogens with zero attached hydrogens (tertiary/aromatic N) is 1. The van der Waals surface area contributed by atoms with E-state index >= 15 is 0 Å². The number of benzene rings is 1. The molecule has 0 unspecified atom stereocenters. The van der Waals surface area contributed by atoms with Gasteiger partial charge in [-0.1, -0.05) is 12.1 Å². The summed E-state index contributed by atoms with van der Waals surface area (Å²) in [7, 11) is 2.08. The summed E-state index contributed by atoms with van der Waals surface area (Å²) < 4.78 is 1.16. The van der Waals surface area contributed by atoms with Gasteiger partial charge in [-0.3, -0.25) is 0 Å². The molecule has 0 spiro atoms. The fourth-order valence-corrected chi connectivity index (χ4v) is 1.52. The van der Waals surface area contributed by atoms with Crippen molar-refractivity contribution in [2.45, 2.75) is 6.92 Å². The second-order valence-electron chi connectivity index (χ2n) is 2.47. The Labute approximate surface area is 76.2 Å². The third-order valence-electron chi connectivity index (χ3n) is 1.74. The Morgan fingerprint density at radius 3 is 2.55 bits per heavy atom. The first-order valence-corrected chi connectivity index (χ1v) is 4.50. The molecule has 1 aromatic carbocycles. The van der Waals surface area contributed by atoms with Gasteiger partial charge < -0.3 is 4.90 Å². The minimum atomic E-state index is 1.03. The predicted octanol–water partition coefficient (Wildman–Crippen LogP) is 2.91. The molecule has 0 aliphatic heterocycles. The van der Waals surface area contributed by atoms with E-state index in [4.69, 9.17) is 0 Å². The maximum Gasteiger partial charge on any atom is 0.0507 e. The Bertz CT molecular complexity index is 235. The molecule has 0 N–H and O–H groups in total. The lowest BCUT2D eigenvalue weighted by molar-refractivity contribution is 0.965. The van der Waals surface area contributed by atoms with Crippen molar-refractivity contribution in [2.75, 3.05) is 18.5 Å². The molecule has 60 valence electrons. The third kappa shape index (κ3) is 1.96. The Kier molecular flexibility index (Phi) is 2.94. The highest BCUT2D eigenvalue weighted by Gasteiger charge is 2.00. The van der Waals surface area contributed by atoms with Gasteiger partial charge in [0.25, 0.3) is 0 Å². The van der Waals surface area contributed by atoms with Crippen LogP contribution in [0.1, 0.15) is 6.92 Å². The fraction of sp³-hybridized carbons (Fsp3) is 0.333. The number of hydrogen-bond donors (Lipinski definition) is 0. The van der Waals surface area contributed by atoms with E-state index in [0.29, 0.717) is 0 Å². The highest BCUT2D eigenvalue weighted by Crippen LogP contribution is 2.23. The van der Waals surface area contributed by atoms with Crippen LogP contribution in [0.5, 0.6) is 0 Å². The summed E-state index contributed by atoms with van der Waals surface area (Å²) in [5.74, 6) is 0. The zero-order valence-corrected chi connectivity index (χ0v) is 8.43. The molecule has 0 saturated carbocycles. The van der Waals surface area contributed by atoms with E-state index in [0.717, 1.165) is 11.0 Å². The molecule has 0 saturated heterocycles. The average molecular weight is 214 g/mol. The lowest BCUT2D eigenvalue weighted by Crippen LogP contribution is -2.15. The summed E-state index contributed by atoms with van der Waals surface area (Å²) in [6.07, 6.45) is 0. The number of rotatable bonds is 2. The fourth-order valence-electron chi connectivity index (χ4n) is 0.932. The number of hydrogen-bond acceptors (Lipinski definition) is 1. The van der Waals surface area contributed by atoms with Crippen molar-refractivity contribution >= 4 is 21.6 Å². The van der Waals surface area contributed by atoms with E-state index in [-0.39, 0.29) is 0 Å². The van der Waals surface area contributed by atoms with Gasteiger partial charge in [-0.25, -0.2) is 0 Å². The summed E-state index contributed by atoms with van der Waals surface area (Å²) in [6.45, 7) is 3.17. The van der Waals surface area contributed by atoms with Crippen molar-refractivity contribution < 1.29 is 0 Å². The van der Waals surface area contributed by atoms with Crippen molar-refractivity contribution in [1.82, 2.24) is 0 Å². The van der Waals surface area contributed by atoms with Crippen LogP contribution < -0.4 is 4.90 Å². The summed E-state index contributed by atoms with van der Waals surface area (Å²) >= 11 is 3.50. The first kappa shape index (κ1) is 8.60. The Morgan fingerprint density at radius 2 is 2.00 bits per heavy atom. The van der Waals surface area contributed by atoms with Crippen molar-refractivity contribution in [1.29, 1.82) is 0 Å². The smallest absolute Gasteiger partial charge is 0.0507 e. The molecule has 0 fully saturated rings. The van der Waals surface area contributed by atoms with Gasteiger partial charge in [-0.15, -0.1) is 0 Å². The molecule has 11 heavy (non-hydrogen) atoms. The zero-order valence-electron chi connectivity index (χ0n) is 6.84. The van der Waals surface area contributed by atoms with Crippen LogP contribution in [-0.2, 0) is 0 Å². The zero-order chi connectivity index (χ0) is 8.27. The summed E-state index contributed by atoms with van der Waals surface area (Å²) in [5.41, 5.74) is 1.25. The van der Waals surface area contributed by atoms with E-state index in [9.17, 15) is 0 Å². The van der Waals surface area contributed by atoms with Gasteiger partial charge in [0.1, 0.15) is 0 Å². The van der Waals surface area contributed by atoms with Crippen LogP contribution in [0.2, 0.25) is 0 Å². The van der Waals surface area contributed by atoms with Crippen LogP contribution in [0.25, 0.3) is 0 Å². The summed E-state index contributed by atoms with van der Waals surface area (Å²) in [4.78, 5) is 2.20. The molecule has 0 aromatic heterocycles. The lowest BCUT2D eigenvalue weighted by atomic mass is 10.3. The molecule has 2 heteroatoms. The van der Waals surface area contributed by atoms with Gasteiger partial charge in [0, 0.05) is 18.1 Å². The molecular weight excluding hydrogens is 202 g/mol. The van der Waals surface area contributed by atoms with Gasteiger partial charge in [0.2, 0.25) is 0 Å². The molecule has 0 atom stereocenters. The largest absolute Gasteiger partial charge is 0.374 e. The third-order valence-corrected chi connectivity index (χ3v) is 2.41. The van der Waals surface area contributed by atoms with Crippen molar-refractivity contribution in [3.05, 3.63) is 28.7 Å². The van der Waals surface area contributed by atoms with Crippen LogP contribution in [0.4, 0.5) is 5.69 Å². The minimum absolute atomic E-state index is 1.03. The molecule has 1 rings (SSSR count). The lowest BCUT2D eigenvalue weighted by Gasteiger charge is -2.17. The van der Waals surface area contributed by atoms with E-state index in [2.05, 4.69) is 46.9 Å². The molecule has 0 aliphatic carbocycles. The van der Waals surface area contributed by atoms with Gasteiger partial charge >= 0.3 is 0 Å². The Morgan fingerprint density at radius 1 is 1.36 bits per heavy atom. The minimum Gasteiger partial charge on any atom is -0.374 e. The summed E-state index contributed by atoms with van der Waals surface area (Å²) in [6, 6.07) is 8.23. The van der Waals surface area contributed by atoms with Crippen LogP contribution in [0.15, 0.2) is 28.7 Å². The van der Waals surface area contributed by atoms with E-state index in [1.165, 1.54) is 5.69 Å². The second kappa shape index (κ2) is 3.77. The molecular formula is C9H12BrN. The van der Waals surface area contributed by atoms with Crippen molar-refractivity contribution in [2.24, 2.45) is 0 Å². The standard InChI is InChI=1S/C9H12BrN/c1-3-11(2)9-7-5-4-6-8(9)10/h4-7H,3H2,1-2H3. The normalized spacial score (nSPS) is 9.73. The quantitative estimate of drug-likeness (QED) is 0.731. The number of para-hydroxylation sites is 1. The maximum atomic E-state index is 3.50. The Hall–Kier alpha value is -0.500. The molecule has 0 amide bonds.